The zero-order chi connectivity index (χ0) is 11.9. The third-order valence-corrected chi connectivity index (χ3v) is 1.71. The summed E-state index contributed by atoms with van der Waals surface area (Å²) in [5.74, 6) is -4.54. The molecule has 0 amide bonds. The Balaban J connectivity index is 3.02. The van der Waals surface area contributed by atoms with Gasteiger partial charge in [0.25, 0.3) is 0 Å². The van der Waals surface area contributed by atoms with Crippen LogP contribution in [0.3, 0.4) is 0 Å². The van der Waals surface area contributed by atoms with Gasteiger partial charge in [-0.1, -0.05) is 0 Å². The van der Waals surface area contributed by atoms with Gasteiger partial charge < -0.3 is 4.74 Å². The van der Waals surface area contributed by atoms with E-state index in [-0.39, 0.29) is 6.08 Å². The molecule has 0 saturated carbocycles. The second kappa shape index (κ2) is 3.42. The topological polar surface area (TPSA) is 26.3 Å². The van der Waals surface area contributed by atoms with E-state index in [1.165, 1.54) is 0 Å². The molecule has 0 aromatic heterocycles. The summed E-state index contributed by atoms with van der Waals surface area (Å²) in [6.45, 7) is -1.17. The minimum Gasteiger partial charge on any atom is -0.460 e. The number of carbonyl (C=O) groups is 1. The van der Waals surface area contributed by atoms with Gasteiger partial charge in [-0.05, 0) is 6.08 Å². The molecule has 1 aliphatic heterocycles. The first-order chi connectivity index (χ1) is 6.62. The van der Waals surface area contributed by atoms with Crippen LogP contribution in [-0.4, -0.2) is 24.9 Å². The van der Waals surface area contributed by atoms with Crippen molar-refractivity contribution >= 4 is 5.97 Å². The third kappa shape index (κ3) is 2.63. The smallest absolute Gasteiger partial charge is 0.415 e. The number of hydrogen-bond acceptors (Lipinski definition) is 2. The van der Waals surface area contributed by atoms with Crippen LogP contribution in [0.4, 0.5) is 26.3 Å². The first-order valence-electron chi connectivity index (χ1n) is 3.63. The maximum absolute atomic E-state index is 12.0. The maximum atomic E-state index is 12.0. The molecule has 0 spiro atoms. The SMILES string of the molecule is O=C1OCC(C(F)(F)F)=CC1C(F)(F)F. The average molecular weight is 234 g/mol. The van der Waals surface area contributed by atoms with E-state index in [2.05, 4.69) is 4.74 Å². The molecule has 0 fully saturated rings. The molecule has 0 bridgehead atoms. The Kier molecular flexibility index (Phi) is 2.71. The van der Waals surface area contributed by atoms with Gasteiger partial charge in [0.05, 0.1) is 5.57 Å². The number of hydrogen-bond donors (Lipinski definition) is 0. The summed E-state index contributed by atoms with van der Waals surface area (Å²) in [5.41, 5.74) is -1.50. The van der Waals surface area contributed by atoms with E-state index in [1.54, 1.807) is 0 Å². The van der Waals surface area contributed by atoms with Crippen molar-refractivity contribution in [1.82, 2.24) is 0 Å². The molecule has 15 heavy (non-hydrogen) atoms. The van der Waals surface area contributed by atoms with E-state index in [4.69, 9.17) is 0 Å². The van der Waals surface area contributed by atoms with E-state index in [0.717, 1.165) is 0 Å². The molecular formula is C7H4F6O2. The van der Waals surface area contributed by atoms with Gasteiger partial charge in [-0.25, -0.2) is 0 Å². The highest BCUT2D eigenvalue weighted by Crippen LogP contribution is 2.36. The Labute approximate surface area is 79.5 Å². The lowest BCUT2D eigenvalue weighted by atomic mass is 10.0. The van der Waals surface area contributed by atoms with Gasteiger partial charge in [0.2, 0.25) is 0 Å². The molecule has 1 heterocycles. The molecule has 0 aliphatic carbocycles. The maximum Gasteiger partial charge on any atom is 0.415 e. The molecule has 1 aliphatic rings. The van der Waals surface area contributed by atoms with Gasteiger partial charge in [0.15, 0.2) is 5.92 Å². The third-order valence-electron chi connectivity index (χ3n) is 1.71. The van der Waals surface area contributed by atoms with E-state index in [0.29, 0.717) is 0 Å². The van der Waals surface area contributed by atoms with Gasteiger partial charge in [-0.15, -0.1) is 0 Å². The average Bonchev–Trinajstić information content (AvgIpc) is 2.00. The second-order valence-corrected chi connectivity index (χ2v) is 2.82. The number of ether oxygens (including phenoxy) is 1. The van der Waals surface area contributed by atoms with Crippen LogP contribution >= 0.6 is 0 Å². The molecule has 1 rings (SSSR count). The molecule has 1 atom stereocenters. The molecular weight excluding hydrogens is 230 g/mol. The van der Waals surface area contributed by atoms with Crippen molar-refractivity contribution in [3.63, 3.8) is 0 Å². The van der Waals surface area contributed by atoms with Crippen molar-refractivity contribution in [1.29, 1.82) is 0 Å². The lowest BCUT2D eigenvalue weighted by Crippen LogP contribution is -2.36. The van der Waals surface area contributed by atoms with Crippen LogP contribution in [0.1, 0.15) is 0 Å². The number of cyclic esters (lactones) is 1. The number of alkyl halides is 6. The highest BCUT2D eigenvalue weighted by Gasteiger charge is 2.49. The van der Waals surface area contributed by atoms with E-state index in [9.17, 15) is 31.1 Å². The quantitative estimate of drug-likeness (QED) is 0.365. The zero-order valence-electron chi connectivity index (χ0n) is 6.95. The number of carbonyl (C=O) groups excluding carboxylic acids is 1. The number of rotatable bonds is 0. The van der Waals surface area contributed by atoms with Gasteiger partial charge in [0, 0.05) is 0 Å². The van der Waals surface area contributed by atoms with Gasteiger partial charge in [-0.3, -0.25) is 4.79 Å². The lowest BCUT2D eigenvalue weighted by Gasteiger charge is -2.23. The minimum atomic E-state index is -5.06. The van der Waals surface area contributed by atoms with E-state index >= 15 is 0 Å². The Bertz CT molecular complexity index is 300. The molecule has 1 unspecified atom stereocenters. The van der Waals surface area contributed by atoms with Crippen molar-refractivity contribution in [2.24, 2.45) is 5.92 Å². The molecule has 0 aromatic rings. The van der Waals surface area contributed by atoms with Crippen LogP contribution in [0, 0.1) is 5.92 Å². The summed E-state index contributed by atoms with van der Waals surface area (Å²) < 4.78 is 75.9. The van der Waals surface area contributed by atoms with Gasteiger partial charge in [0.1, 0.15) is 6.61 Å². The Morgan fingerprint density at radius 1 is 1.20 bits per heavy atom. The first-order valence-corrected chi connectivity index (χ1v) is 3.63. The molecule has 86 valence electrons. The fourth-order valence-electron chi connectivity index (χ4n) is 0.960. The molecule has 0 aromatic carbocycles. The van der Waals surface area contributed by atoms with Crippen LogP contribution in [-0.2, 0) is 9.53 Å². The first kappa shape index (κ1) is 11.9. The largest absolute Gasteiger partial charge is 0.460 e. The molecule has 0 saturated heterocycles. The Morgan fingerprint density at radius 2 is 1.73 bits per heavy atom. The molecule has 2 nitrogen and oxygen atoms in total. The van der Waals surface area contributed by atoms with Gasteiger partial charge >= 0.3 is 18.3 Å². The fourth-order valence-corrected chi connectivity index (χ4v) is 0.960. The number of esters is 1. The minimum absolute atomic E-state index is 0.147. The summed E-state index contributed by atoms with van der Waals surface area (Å²) >= 11 is 0. The highest BCUT2D eigenvalue weighted by atomic mass is 19.4. The normalized spacial score (nSPS) is 23.5. The van der Waals surface area contributed by atoms with Gasteiger partial charge in [-0.2, -0.15) is 26.3 Å². The second-order valence-electron chi connectivity index (χ2n) is 2.82. The zero-order valence-corrected chi connectivity index (χ0v) is 6.95. The fraction of sp³-hybridized carbons (Fsp3) is 0.571. The Morgan fingerprint density at radius 3 is 2.13 bits per heavy atom. The predicted octanol–water partition coefficient (Wildman–Crippen LogP) is 2.21. The van der Waals surface area contributed by atoms with Crippen molar-refractivity contribution in [2.75, 3.05) is 6.61 Å². The Hall–Kier alpha value is -1.21. The van der Waals surface area contributed by atoms with Crippen LogP contribution in [0.25, 0.3) is 0 Å². The summed E-state index contributed by atoms with van der Waals surface area (Å²) in [4.78, 5) is 10.6. The predicted molar refractivity (Wildman–Crippen MR) is 34.6 cm³/mol. The van der Waals surface area contributed by atoms with Crippen molar-refractivity contribution in [3.8, 4) is 0 Å². The number of halogens is 6. The van der Waals surface area contributed by atoms with Crippen LogP contribution in [0.2, 0.25) is 0 Å². The summed E-state index contributed by atoms with van der Waals surface area (Å²) in [7, 11) is 0. The lowest BCUT2D eigenvalue weighted by molar-refractivity contribution is -0.193. The van der Waals surface area contributed by atoms with Crippen molar-refractivity contribution in [2.45, 2.75) is 12.4 Å². The molecule has 0 radical (unpaired) electrons. The summed E-state index contributed by atoms with van der Waals surface area (Å²) in [6.07, 6.45) is -10.1. The monoisotopic (exact) mass is 234 g/mol. The van der Waals surface area contributed by atoms with Crippen molar-refractivity contribution < 1.29 is 35.9 Å². The standard InChI is InChI=1S/C7H4F6O2/c8-6(9,10)3-1-4(7(11,12)13)5(14)15-2-3/h1,4H,2H2. The van der Waals surface area contributed by atoms with Crippen LogP contribution in [0.15, 0.2) is 11.6 Å². The highest BCUT2D eigenvalue weighted by molar-refractivity contribution is 5.77. The molecule has 0 N–H and O–H groups in total. The molecule has 8 heteroatoms. The van der Waals surface area contributed by atoms with Crippen molar-refractivity contribution in [3.05, 3.63) is 11.6 Å². The summed E-state index contributed by atoms with van der Waals surface area (Å²) in [5, 5.41) is 0. The van der Waals surface area contributed by atoms with Crippen LogP contribution in [0.5, 0.6) is 0 Å². The van der Waals surface area contributed by atoms with Crippen LogP contribution < -0.4 is 0 Å². The van der Waals surface area contributed by atoms with E-state index in [1.807, 2.05) is 0 Å². The summed E-state index contributed by atoms with van der Waals surface area (Å²) in [6, 6.07) is 0. The van der Waals surface area contributed by atoms with E-state index < -0.39 is 36.4 Å².